The summed E-state index contributed by atoms with van der Waals surface area (Å²) in [5.41, 5.74) is 3.35. The zero-order valence-corrected chi connectivity index (χ0v) is 20.2. The fourth-order valence-electron chi connectivity index (χ4n) is 3.85. The van der Waals surface area contributed by atoms with Crippen molar-refractivity contribution in [3.05, 3.63) is 92.9 Å². The molecule has 0 bridgehead atoms. The van der Waals surface area contributed by atoms with Crippen LogP contribution in [0.25, 0.3) is 28.1 Å². The van der Waals surface area contributed by atoms with Gasteiger partial charge < -0.3 is 4.57 Å². The molecule has 0 unspecified atom stereocenters. The Hall–Kier alpha value is -3.24. The Balaban J connectivity index is 1.65. The average Bonchev–Trinajstić information content (AvgIpc) is 3.34. The summed E-state index contributed by atoms with van der Waals surface area (Å²) in [6.45, 7) is 2.28. The van der Waals surface area contributed by atoms with Crippen LogP contribution in [0.5, 0.6) is 0 Å². The lowest BCUT2D eigenvalue weighted by Gasteiger charge is -2.12. The number of aryl methyl sites for hydroxylation is 1. The molecular weight excluding hydrogens is 527 g/mol. The maximum atomic E-state index is 13.1. The Morgan fingerprint density at radius 3 is 2.38 bits per heavy atom. The summed E-state index contributed by atoms with van der Waals surface area (Å²) >= 11 is 8.92. The molecule has 0 aliphatic heterocycles. The first-order valence-electron chi connectivity index (χ1n) is 10.3. The first-order chi connectivity index (χ1) is 16.2. The van der Waals surface area contributed by atoms with Gasteiger partial charge >= 0.3 is 6.18 Å². The zero-order chi connectivity index (χ0) is 24.0. The number of aromatic nitrogens is 5. The molecule has 0 radical (unpaired) electrons. The van der Waals surface area contributed by atoms with E-state index in [0.717, 1.165) is 38.9 Å². The smallest absolute Gasteiger partial charge is 0.316 e. The van der Waals surface area contributed by atoms with Gasteiger partial charge in [-0.15, -0.1) is 0 Å². The minimum absolute atomic E-state index is 0.305. The molecule has 10 heteroatoms. The topological polar surface area (TPSA) is 51.4 Å². The summed E-state index contributed by atoms with van der Waals surface area (Å²) in [7, 11) is 0. The van der Waals surface area contributed by atoms with E-state index in [9.17, 15) is 13.2 Å². The van der Waals surface area contributed by atoms with Gasteiger partial charge in [-0.1, -0.05) is 34.1 Å². The molecule has 0 saturated heterocycles. The number of fused-ring (bicyclic) bond motifs is 1. The lowest BCUT2D eigenvalue weighted by atomic mass is 10.1. The number of aromatic amines is 1. The Bertz CT molecular complexity index is 1550. The summed E-state index contributed by atoms with van der Waals surface area (Å²) in [4.78, 5) is 4.74. The van der Waals surface area contributed by atoms with E-state index in [-0.39, 0.29) is 0 Å². The largest absolute Gasteiger partial charge is 0.416 e. The number of imidazole rings is 1. The molecule has 3 aromatic carbocycles. The van der Waals surface area contributed by atoms with Crippen LogP contribution in [-0.2, 0) is 12.7 Å². The van der Waals surface area contributed by atoms with Crippen LogP contribution >= 0.6 is 28.1 Å². The Labute approximate surface area is 206 Å². The van der Waals surface area contributed by atoms with E-state index in [4.69, 9.17) is 17.2 Å². The first-order valence-corrected chi connectivity index (χ1v) is 11.5. The van der Waals surface area contributed by atoms with Crippen molar-refractivity contribution in [2.24, 2.45) is 0 Å². The van der Waals surface area contributed by atoms with E-state index in [0.29, 0.717) is 28.5 Å². The fraction of sp³-hybridized carbons (Fsp3) is 0.125. The highest BCUT2D eigenvalue weighted by atomic mass is 79.9. The zero-order valence-electron chi connectivity index (χ0n) is 17.8. The van der Waals surface area contributed by atoms with Crippen molar-refractivity contribution in [2.75, 3.05) is 0 Å². The monoisotopic (exact) mass is 543 g/mol. The molecule has 5 aromatic rings. The standard InChI is InChI=1S/C24H17BrF3N5S/c1-14-2-11-19-20(12-14)32(22(29-19)15-3-5-16(6-4-15)24(26,27)28)13-21-30-31-23(34)33(21)18-9-7-17(25)8-10-18/h2-12H,13H2,1H3,(H,31,34). The number of rotatable bonds is 4. The van der Waals surface area contributed by atoms with Crippen molar-refractivity contribution >= 4 is 39.2 Å². The van der Waals surface area contributed by atoms with E-state index in [1.807, 2.05) is 58.5 Å². The maximum absolute atomic E-state index is 13.1. The molecule has 0 saturated carbocycles. The third-order valence-corrected chi connectivity index (χ3v) is 6.30. The third kappa shape index (κ3) is 4.19. The summed E-state index contributed by atoms with van der Waals surface area (Å²) < 4.78 is 44.4. The second kappa shape index (κ2) is 8.52. The highest BCUT2D eigenvalue weighted by Gasteiger charge is 2.30. The van der Waals surface area contributed by atoms with Crippen LogP contribution in [0.2, 0.25) is 0 Å². The molecular formula is C24H17BrF3N5S. The van der Waals surface area contributed by atoms with Crippen LogP contribution in [0, 0.1) is 11.7 Å². The van der Waals surface area contributed by atoms with Gasteiger partial charge in [0.1, 0.15) is 5.82 Å². The van der Waals surface area contributed by atoms with Crippen LogP contribution in [0.4, 0.5) is 13.2 Å². The second-order valence-electron chi connectivity index (χ2n) is 7.85. The fourth-order valence-corrected chi connectivity index (χ4v) is 4.38. The molecule has 0 aliphatic carbocycles. The van der Waals surface area contributed by atoms with Crippen molar-refractivity contribution in [3.8, 4) is 17.1 Å². The molecule has 1 N–H and O–H groups in total. The lowest BCUT2D eigenvalue weighted by Crippen LogP contribution is -2.09. The SMILES string of the molecule is Cc1ccc2nc(-c3ccc(C(F)(F)F)cc3)n(Cc3n[nH]c(=S)n3-c3ccc(Br)cc3)c2c1. The van der Waals surface area contributed by atoms with Gasteiger partial charge in [-0.25, -0.2) is 4.98 Å². The van der Waals surface area contributed by atoms with Crippen LogP contribution in [0.3, 0.4) is 0 Å². The summed E-state index contributed by atoms with van der Waals surface area (Å²) in [6.07, 6.45) is -4.40. The van der Waals surface area contributed by atoms with E-state index in [1.54, 1.807) is 0 Å². The summed E-state index contributed by atoms with van der Waals surface area (Å²) in [5.74, 6) is 1.19. The van der Waals surface area contributed by atoms with Gasteiger partial charge in [-0.05, 0) is 73.2 Å². The van der Waals surface area contributed by atoms with Crippen molar-refractivity contribution in [1.82, 2.24) is 24.3 Å². The molecule has 0 spiro atoms. The van der Waals surface area contributed by atoms with E-state index in [2.05, 4.69) is 26.1 Å². The highest BCUT2D eigenvalue weighted by Crippen LogP contribution is 2.32. The number of benzene rings is 3. The minimum atomic E-state index is -4.40. The van der Waals surface area contributed by atoms with Crippen molar-refractivity contribution in [1.29, 1.82) is 0 Å². The van der Waals surface area contributed by atoms with Crippen molar-refractivity contribution in [2.45, 2.75) is 19.6 Å². The number of H-pyrrole nitrogens is 1. The van der Waals surface area contributed by atoms with Crippen LogP contribution in [0.1, 0.15) is 17.0 Å². The number of hydrogen-bond donors (Lipinski definition) is 1. The molecule has 0 fully saturated rings. The van der Waals surface area contributed by atoms with Gasteiger partial charge in [0.15, 0.2) is 10.6 Å². The van der Waals surface area contributed by atoms with Gasteiger partial charge in [-0.2, -0.15) is 18.3 Å². The summed E-state index contributed by atoms with van der Waals surface area (Å²) in [5, 5.41) is 7.29. The molecule has 0 aliphatic rings. The summed E-state index contributed by atoms with van der Waals surface area (Å²) in [6, 6.07) is 18.6. The number of hydrogen-bond acceptors (Lipinski definition) is 3. The maximum Gasteiger partial charge on any atom is 0.416 e. The highest BCUT2D eigenvalue weighted by molar-refractivity contribution is 9.10. The van der Waals surface area contributed by atoms with Crippen molar-refractivity contribution < 1.29 is 13.2 Å². The normalized spacial score (nSPS) is 11.9. The quantitative estimate of drug-likeness (QED) is 0.246. The molecule has 2 heterocycles. The first kappa shape index (κ1) is 22.5. The minimum Gasteiger partial charge on any atom is -0.316 e. The second-order valence-corrected chi connectivity index (χ2v) is 9.15. The van der Waals surface area contributed by atoms with Gasteiger partial charge in [0.25, 0.3) is 0 Å². The predicted molar refractivity (Wildman–Crippen MR) is 130 cm³/mol. The number of halogens is 4. The van der Waals surface area contributed by atoms with E-state index >= 15 is 0 Å². The van der Waals surface area contributed by atoms with Crippen LogP contribution < -0.4 is 0 Å². The molecule has 2 aromatic heterocycles. The van der Waals surface area contributed by atoms with Gasteiger partial charge in [-0.3, -0.25) is 9.67 Å². The molecule has 172 valence electrons. The molecule has 5 rings (SSSR count). The Morgan fingerprint density at radius 1 is 1.00 bits per heavy atom. The van der Waals surface area contributed by atoms with Gasteiger partial charge in [0.2, 0.25) is 0 Å². The lowest BCUT2D eigenvalue weighted by molar-refractivity contribution is -0.137. The predicted octanol–water partition coefficient (Wildman–Crippen LogP) is 7.08. The number of nitrogens with zero attached hydrogens (tertiary/aromatic N) is 4. The van der Waals surface area contributed by atoms with Gasteiger partial charge in [0, 0.05) is 15.7 Å². The van der Waals surface area contributed by atoms with E-state index in [1.165, 1.54) is 12.1 Å². The van der Waals surface area contributed by atoms with Crippen LogP contribution in [-0.4, -0.2) is 24.3 Å². The third-order valence-electron chi connectivity index (χ3n) is 5.50. The molecule has 34 heavy (non-hydrogen) atoms. The number of alkyl halides is 3. The average molecular weight is 544 g/mol. The van der Waals surface area contributed by atoms with E-state index < -0.39 is 11.7 Å². The van der Waals surface area contributed by atoms with Crippen molar-refractivity contribution in [3.63, 3.8) is 0 Å². The molecule has 5 nitrogen and oxygen atoms in total. The number of nitrogens with one attached hydrogen (secondary N) is 1. The molecule has 0 amide bonds. The Kier molecular flexibility index (Phi) is 5.65. The van der Waals surface area contributed by atoms with Gasteiger partial charge in [0.05, 0.1) is 23.1 Å². The molecule has 0 atom stereocenters. The Morgan fingerprint density at radius 2 is 1.71 bits per heavy atom. The van der Waals surface area contributed by atoms with Crippen LogP contribution in [0.15, 0.2) is 71.2 Å².